The molecule has 1 aromatic rings. The number of pyridine rings is 1. The zero-order chi connectivity index (χ0) is 18.8. The lowest BCUT2D eigenvalue weighted by molar-refractivity contribution is -0.0238. The van der Waals surface area contributed by atoms with E-state index in [1.807, 2.05) is 6.20 Å². The first-order chi connectivity index (χ1) is 12.9. The van der Waals surface area contributed by atoms with Gasteiger partial charge in [-0.2, -0.15) is 0 Å². The minimum absolute atomic E-state index is 0.121. The molecule has 0 radical (unpaired) electrons. The zero-order valence-electron chi connectivity index (χ0n) is 16.4. The highest BCUT2D eigenvalue weighted by Crippen LogP contribution is 2.66. The molecular weight excluding hydrogens is 354 g/mol. The van der Waals surface area contributed by atoms with Gasteiger partial charge in [-0.05, 0) is 90.7 Å². The zero-order valence-corrected chi connectivity index (χ0v) is 17.2. The second-order valence-corrected chi connectivity index (χ2v) is 10.3. The van der Waals surface area contributed by atoms with Crippen LogP contribution in [0.4, 0.5) is 0 Å². The normalized spacial score (nSPS) is 43.3. The molecule has 0 amide bonds. The summed E-state index contributed by atoms with van der Waals surface area (Å²) < 4.78 is 0. The summed E-state index contributed by atoms with van der Waals surface area (Å²) in [7, 11) is 0. The Hall–Kier alpha value is -1.12. The second kappa shape index (κ2) is 6.19. The van der Waals surface area contributed by atoms with Gasteiger partial charge in [0.15, 0.2) is 0 Å². The molecule has 0 spiro atoms. The van der Waals surface area contributed by atoms with Crippen molar-refractivity contribution in [3.8, 4) is 0 Å². The fraction of sp³-hybridized carbons (Fsp3) is 0.625. The van der Waals surface area contributed by atoms with Crippen LogP contribution in [0.2, 0.25) is 5.02 Å². The summed E-state index contributed by atoms with van der Waals surface area (Å²) in [6, 6.07) is 2.09. The summed E-state index contributed by atoms with van der Waals surface area (Å²) in [6.07, 6.45) is 16.5. The van der Waals surface area contributed by atoms with E-state index in [0.29, 0.717) is 11.3 Å². The number of aromatic nitrogens is 1. The van der Waals surface area contributed by atoms with Crippen molar-refractivity contribution in [3.05, 3.63) is 46.8 Å². The predicted octanol–water partition coefficient (Wildman–Crippen LogP) is 6.05. The first kappa shape index (κ1) is 17.9. The molecule has 1 heterocycles. The molecular formula is C24H30ClNO. The van der Waals surface area contributed by atoms with Crippen LogP contribution in [0.5, 0.6) is 0 Å². The molecule has 3 heteroatoms. The van der Waals surface area contributed by atoms with E-state index in [1.54, 1.807) is 11.8 Å². The van der Waals surface area contributed by atoms with Gasteiger partial charge in [0, 0.05) is 12.4 Å². The Balaban J connectivity index is 1.48. The number of hydrogen-bond acceptors (Lipinski definition) is 2. The van der Waals surface area contributed by atoms with Crippen molar-refractivity contribution in [2.75, 3.05) is 0 Å². The molecule has 2 nitrogen and oxygen atoms in total. The highest BCUT2D eigenvalue weighted by molar-refractivity contribution is 6.30. The van der Waals surface area contributed by atoms with Gasteiger partial charge in [0.25, 0.3) is 0 Å². The molecule has 4 aliphatic rings. The van der Waals surface area contributed by atoms with Crippen LogP contribution < -0.4 is 0 Å². The maximum absolute atomic E-state index is 10.2. The van der Waals surface area contributed by atoms with Crippen LogP contribution in [0.15, 0.2) is 36.2 Å². The van der Waals surface area contributed by atoms with Crippen molar-refractivity contribution in [2.45, 2.75) is 64.9 Å². The van der Waals surface area contributed by atoms with Crippen molar-refractivity contribution in [3.63, 3.8) is 0 Å². The van der Waals surface area contributed by atoms with Gasteiger partial charge in [-0.15, -0.1) is 0 Å². The molecule has 27 heavy (non-hydrogen) atoms. The maximum atomic E-state index is 10.2. The molecule has 2 saturated carbocycles. The van der Waals surface area contributed by atoms with Crippen LogP contribution in [0, 0.1) is 28.6 Å². The topological polar surface area (TPSA) is 33.1 Å². The number of fused-ring (bicyclic) bond motifs is 5. The third-order valence-electron chi connectivity index (χ3n) is 8.67. The number of rotatable bonds is 1. The van der Waals surface area contributed by atoms with E-state index in [-0.39, 0.29) is 11.5 Å². The summed E-state index contributed by atoms with van der Waals surface area (Å²) in [5.74, 6) is 2.24. The van der Waals surface area contributed by atoms with Crippen LogP contribution in [0.1, 0.15) is 64.4 Å². The lowest BCUT2D eigenvalue weighted by Gasteiger charge is -2.57. The predicted molar refractivity (Wildman–Crippen MR) is 110 cm³/mol. The SMILES string of the molecule is C[C@]12CC[C@H](O)CC1=CCC1C2CC[C@]2(C)C(c3cncc(Cl)c3)=CCC12. The van der Waals surface area contributed by atoms with Gasteiger partial charge in [-0.1, -0.05) is 43.2 Å². The van der Waals surface area contributed by atoms with Gasteiger partial charge in [0.05, 0.1) is 11.1 Å². The standard InChI is InChI=1S/C24H30ClNO/c1-23-9-7-18(27)12-16(23)3-4-19-21-6-5-20(15-11-17(25)14-26-13-15)24(21,2)10-8-22(19)23/h3,5,11,13-14,18-19,21-22,27H,4,6-10,12H2,1-2H3/t18-,19?,21?,22?,23-,24+/m0/s1. The number of aliphatic hydroxyl groups excluding tert-OH is 1. The Labute approximate surface area is 167 Å². The third-order valence-corrected chi connectivity index (χ3v) is 8.88. The molecule has 5 rings (SSSR count). The number of hydrogen-bond donors (Lipinski definition) is 1. The molecule has 1 aromatic heterocycles. The molecule has 4 aliphatic carbocycles. The highest BCUT2D eigenvalue weighted by atomic mass is 35.5. The first-order valence-corrected chi connectivity index (χ1v) is 11.0. The third kappa shape index (κ3) is 2.59. The smallest absolute Gasteiger partial charge is 0.0595 e. The Morgan fingerprint density at radius 3 is 2.67 bits per heavy atom. The summed E-state index contributed by atoms with van der Waals surface area (Å²) in [6.45, 7) is 4.98. The van der Waals surface area contributed by atoms with Gasteiger partial charge >= 0.3 is 0 Å². The van der Waals surface area contributed by atoms with Gasteiger partial charge in [-0.25, -0.2) is 0 Å². The summed E-state index contributed by atoms with van der Waals surface area (Å²) >= 11 is 6.24. The van der Waals surface area contributed by atoms with Crippen LogP contribution in [-0.4, -0.2) is 16.2 Å². The molecule has 144 valence electrons. The summed E-state index contributed by atoms with van der Waals surface area (Å²) in [4.78, 5) is 4.35. The molecule has 0 saturated heterocycles. The lowest BCUT2D eigenvalue weighted by atomic mass is 9.47. The largest absolute Gasteiger partial charge is 0.393 e. The van der Waals surface area contributed by atoms with Gasteiger partial charge in [0.2, 0.25) is 0 Å². The molecule has 0 aromatic carbocycles. The lowest BCUT2D eigenvalue weighted by Crippen LogP contribution is -2.49. The summed E-state index contributed by atoms with van der Waals surface area (Å²) in [5, 5.41) is 10.9. The Kier molecular flexibility index (Phi) is 4.11. The van der Waals surface area contributed by atoms with Crippen LogP contribution >= 0.6 is 11.6 Å². The van der Waals surface area contributed by atoms with Crippen LogP contribution in [0.3, 0.4) is 0 Å². The molecule has 0 bridgehead atoms. The van der Waals surface area contributed by atoms with Crippen molar-refractivity contribution >= 4 is 17.2 Å². The van der Waals surface area contributed by atoms with E-state index < -0.39 is 0 Å². The van der Waals surface area contributed by atoms with Gasteiger partial charge in [0.1, 0.15) is 0 Å². The molecule has 2 fully saturated rings. The minimum atomic E-state index is -0.121. The fourth-order valence-electron chi connectivity index (χ4n) is 7.22. The maximum Gasteiger partial charge on any atom is 0.0595 e. The molecule has 0 aliphatic heterocycles. The number of nitrogens with zero attached hydrogens (tertiary/aromatic N) is 1. The van der Waals surface area contributed by atoms with E-state index in [9.17, 15) is 5.11 Å². The first-order valence-electron chi connectivity index (χ1n) is 10.6. The number of halogens is 1. The van der Waals surface area contributed by atoms with E-state index in [4.69, 9.17) is 11.6 Å². The molecule has 3 unspecified atom stereocenters. The van der Waals surface area contributed by atoms with Crippen molar-refractivity contribution in [1.82, 2.24) is 4.98 Å². The fourth-order valence-corrected chi connectivity index (χ4v) is 7.39. The average molecular weight is 384 g/mol. The quantitative estimate of drug-likeness (QED) is 0.598. The molecule has 6 atom stereocenters. The van der Waals surface area contributed by atoms with Gasteiger partial charge in [-0.3, -0.25) is 4.98 Å². The minimum Gasteiger partial charge on any atom is -0.393 e. The van der Waals surface area contributed by atoms with E-state index >= 15 is 0 Å². The Morgan fingerprint density at radius 2 is 1.85 bits per heavy atom. The van der Waals surface area contributed by atoms with Crippen LogP contribution in [-0.2, 0) is 0 Å². The summed E-state index contributed by atoms with van der Waals surface area (Å²) in [5.41, 5.74) is 4.79. The van der Waals surface area contributed by atoms with E-state index in [1.165, 1.54) is 36.8 Å². The van der Waals surface area contributed by atoms with Crippen molar-refractivity contribution < 1.29 is 5.11 Å². The number of aliphatic hydroxyl groups is 1. The second-order valence-electron chi connectivity index (χ2n) is 9.86. The highest BCUT2D eigenvalue weighted by Gasteiger charge is 2.56. The monoisotopic (exact) mass is 383 g/mol. The van der Waals surface area contributed by atoms with Crippen molar-refractivity contribution in [1.29, 1.82) is 0 Å². The van der Waals surface area contributed by atoms with E-state index in [0.717, 1.165) is 36.1 Å². The van der Waals surface area contributed by atoms with Crippen LogP contribution in [0.25, 0.3) is 5.57 Å². The van der Waals surface area contributed by atoms with Crippen molar-refractivity contribution in [2.24, 2.45) is 28.6 Å². The average Bonchev–Trinajstić information content (AvgIpc) is 2.99. The Bertz CT molecular complexity index is 829. The van der Waals surface area contributed by atoms with Gasteiger partial charge < -0.3 is 5.11 Å². The molecule has 1 N–H and O–H groups in total. The van der Waals surface area contributed by atoms with E-state index in [2.05, 4.69) is 37.0 Å². The Morgan fingerprint density at radius 1 is 1.04 bits per heavy atom. The number of allylic oxidation sites excluding steroid dienone is 3.